The van der Waals surface area contributed by atoms with Crippen molar-refractivity contribution in [3.05, 3.63) is 119 Å². The van der Waals surface area contributed by atoms with E-state index in [1.165, 1.54) is 10.8 Å². The zero-order valence-electron chi connectivity index (χ0n) is 22.7. The van der Waals surface area contributed by atoms with Gasteiger partial charge in [0.15, 0.2) is 0 Å². The van der Waals surface area contributed by atoms with Gasteiger partial charge >= 0.3 is 0 Å². The lowest BCUT2D eigenvalue weighted by Crippen LogP contribution is -2.51. The molecule has 0 aliphatic carbocycles. The zero-order valence-corrected chi connectivity index (χ0v) is 22.7. The van der Waals surface area contributed by atoms with Crippen LogP contribution >= 0.6 is 0 Å². The summed E-state index contributed by atoms with van der Waals surface area (Å²) in [7, 11) is 0. The van der Waals surface area contributed by atoms with Crippen molar-refractivity contribution >= 4 is 22.6 Å². The van der Waals surface area contributed by atoms with Crippen LogP contribution in [0.5, 0.6) is 0 Å². The Balaban J connectivity index is 1.64. The van der Waals surface area contributed by atoms with Crippen molar-refractivity contribution in [2.45, 2.75) is 52.6 Å². The van der Waals surface area contributed by atoms with Gasteiger partial charge in [0.05, 0.1) is 0 Å². The van der Waals surface area contributed by atoms with E-state index in [1.54, 1.807) is 4.90 Å². The predicted molar refractivity (Wildman–Crippen MR) is 156 cm³/mol. The van der Waals surface area contributed by atoms with Gasteiger partial charge in [0.25, 0.3) is 0 Å². The number of carbonyl (C=O) groups excluding carboxylic acids is 2. The molecule has 38 heavy (non-hydrogen) atoms. The lowest BCUT2D eigenvalue weighted by Gasteiger charge is -2.32. The lowest BCUT2D eigenvalue weighted by atomic mass is 9.98. The van der Waals surface area contributed by atoms with E-state index in [2.05, 4.69) is 56.4 Å². The van der Waals surface area contributed by atoms with Gasteiger partial charge in [0, 0.05) is 25.9 Å². The van der Waals surface area contributed by atoms with E-state index in [9.17, 15) is 9.59 Å². The fraction of sp³-hybridized carbons (Fsp3) is 0.294. The minimum Gasteiger partial charge on any atom is -0.354 e. The highest BCUT2D eigenvalue weighted by atomic mass is 16.2. The average Bonchev–Trinajstić information content (AvgIpc) is 2.93. The Morgan fingerprint density at radius 3 is 2.21 bits per heavy atom. The van der Waals surface area contributed by atoms with Crippen LogP contribution in [0.25, 0.3) is 10.8 Å². The maximum Gasteiger partial charge on any atom is 0.243 e. The van der Waals surface area contributed by atoms with Gasteiger partial charge in [-0.15, -0.1) is 0 Å². The van der Waals surface area contributed by atoms with Crippen LogP contribution in [0.1, 0.15) is 42.5 Å². The van der Waals surface area contributed by atoms with Crippen molar-refractivity contribution < 1.29 is 9.59 Å². The van der Waals surface area contributed by atoms with Gasteiger partial charge in [0.1, 0.15) is 6.04 Å². The predicted octanol–water partition coefficient (Wildman–Crippen LogP) is 6.49. The van der Waals surface area contributed by atoms with E-state index in [0.717, 1.165) is 22.3 Å². The van der Waals surface area contributed by atoms with E-state index in [1.807, 2.05) is 66.7 Å². The number of carbonyl (C=O) groups is 2. The molecule has 0 saturated carbocycles. The molecule has 0 radical (unpaired) electrons. The third-order valence-corrected chi connectivity index (χ3v) is 7.05. The van der Waals surface area contributed by atoms with Crippen LogP contribution in [0.15, 0.2) is 97.1 Å². The number of rotatable bonds is 11. The van der Waals surface area contributed by atoms with Crippen LogP contribution in [0.4, 0.5) is 0 Å². The summed E-state index contributed by atoms with van der Waals surface area (Å²) in [4.78, 5) is 29.4. The Hall–Kier alpha value is -3.92. The average molecular weight is 507 g/mol. The fourth-order valence-corrected chi connectivity index (χ4v) is 4.84. The van der Waals surface area contributed by atoms with E-state index in [4.69, 9.17) is 0 Å². The number of benzene rings is 4. The topological polar surface area (TPSA) is 49.4 Å². The molecule has 0 spiro atoms. The molecule has 1 atom stereocenters. The fourth-order valence-electron chi connectivity index (χ4n) is 4.84. The largest absolute Gasteiger partial charge is 0.354 e. The molecule has 0 aliphatic rings. The molecule has 1 N–H and O–H groups in total. The van der Waals surface area contributed by atoms with Crippen molar-refractivity contribution in [1.82, 2.24) is 10.2 Å². The van der Waals surface area contributed by atoms with Gasteiger partial charge in [-0.3, -0.25) is 9.59 Å². The maximum absolute atomic E-state index is 14.0. The second-order valence-electron chi connectivity index (χ2n) is 10.4. The zero-order chi connectivity index (χ0) is 26.9. The van der Waals surface area contributed by atoms with Gasteiger partial charge in [-0.25, -0.2) is 0 Å². The minimum atomic E-state index is -0.601. The summed E-state index contributed by atoms with van der Waals surface area (Å²) >= 11 is 0. The van der Waals surface area contributed by atoms with Crippen molar-refractivity contribution in [3.63, 3.8) is 0 Å². The Kier molecular flexibility index (Phi) is 9.31. The highest BCUT2D eigenvalue weighted by molar-refractivity contribution is 5.89. The standard InChI is InChI=1S/C34H38N2O2/c1-25(2)23-35-34(38)32(22-27-13-5-4-6-14-27)36(24-30-16-8-7-12-26(30)3)33(37)21-20-29-18-11-17-28-15-9-10-19-31(28)29/h4-19,25,32H,20-24H2,1-3H3,(H,35,38)/t32-/m0/s1. The van der Waals surface area contributed by atoms with Crippen LogP contribution < -0.4 is 5.32 Å². The number of hydrogen-bond acceptors (Lipinski definition) is 2. The van der Waals surface area contributed by atoms with Gasteiger partial charge in [-0.05, 0) is 52.3 Å². The molecule has 4 heteroatoms. The van der Waals surface area contributed by atoms with Crippen LogP contribution in [0, 0.1) is 12.8 Å². The molecular weight excluding hydrogens is 468 g/mol. The molecule has 0 unspecified atom stereocenters. The number of nitrogens with zero attached hydrogens (tertiary/aromatic N) is 1. The van der Waals surface area contributed by atoms with E-state index in [-0.39, 0.29) is 11.8 Å². The molecule has 0 aliphatic heterocycles. The number of hydrogen-bond donors (Lipinski definition) is 1. The maximum atomic E-state index is 14.0. The van der Waals surface area contributed by atoms with Crippen molar-refractivity contribution in [1.29, 1.82) is 0 Å². The molecule has 196 valence electrons. The van der Waals surface area contributed by atoms with Crippen molar-refractivity contribution in [2.24, 2.45) is 5.92 Å². The molecule has 0 fully saturated rings. The van der Waals surface area contributed by atoms with E-state index >= 15 is 0 Å². The number of aryl methyl sites for hydroxylation is 2. The third kappa shape index (κ3) is 7.10. The lowest BCUT2D eigenvalue weighted by molar-refractivity contribution is -0.141. The molecule has 4 rings (SSSR count). The number of amides is 2. The van der Waals surface area contributed by atoms with Gasteiger partial charge in [0.2, 0.25) is 11.8 Å². The summed E-state index contributed by atoms with van der Waals surface area (Å²) in [5.74, 6) is 0.208. The normalized spacial score (nSPS) is 11.9. The van der Waals surface area contributed by atoms with E-state index < -0.39 is 6.04 Å². The summed E-state index contributed by atoms with van der Waals surface area (Å²) in [5.41, 5.74) is 4.35. The molecule has 2 amide bonds. The molecule has 0 heterocycles. The summed E-state index contributed by atoms with van der Waals surface area (Å²) in [6.45, 7) is 7.18. The van der Waals surface area contributed by atoms with Crippen molar-refractivity contribution in [3.8, 4) is 0 Å². The Bertz CT molecular complexity index is 1360. The Morgan fingerprint density at radius 2 is 1.45 bits per heavy atom. The van der Waals surface area contributed by atoms with Gasteiger partial charge in [-0.2, -0.15) is 0 Å². The third-order valence-electron chi connectivity index (χ3n) is 7.05. The second-order valence-corrected chi connectivity index (χ2v) is 10.4. The molecule has 0 aromatic heterocycles. The first-order chi connectivity index (χ1) is 18.4. The number of nitrogens with one attached hydrogen (secondary N) is 1. The SMILES string of the molecule is Cc1ccccc1CN(C(=O)CCc1cccc2ccccc12)[C@@H](Cc1ccccc1)C(=O)NCC(C)C. The molecular formula is C34H38N2O2. The van der Waals surface area contributed by atoms with E-state index in [0.29, 0.717) is 38.3 Å². The first-order valence-corrected chi connectivity index (χ1v) is 13.5. The molecule has 4 aromatic rings. The second kappa shape index (κ2) is 13.0. The van der Waals surface area contributed by atoms with Crippen LogP contribution in [-0.2, 0) is 29.0 Å². The quantitative estimate of drug-likeness (QED) is 0.253. The summed E-state index contributed by atoms with van der Waals surface area (Å²) in [6.07, 6.45) is 1.43. The summed E-state index contributed by atoms with van der Waals surface area (Å²) < 4.78 is 0. The van der Waals surface area contributed by atoms with Crippen LogP contribution in [0.2, 0.25) is 0 Å². The number of fused-ring (bicyclic) bond motifs is 1. The first kappa shape index (κ1) is 27.1. The monoisotopic (exact) mass is 506 g/mol. The van der Waals surface area contributed by atoms with Crippen LogP contribution in [-0.4, -0.2) is 29.3 Å². The minimum absolute atomic E-state index is 0.0122. The smallest absolute Gasteiger partial charge is 0.243 e. The van der Waals surface area contributed by atoms with Crippen LogP contribution in [0.3, 0.4) is 0 Å². The van der Waals surface area contributed by atoms with Gasteiger partial charge < -0.3 is 10.2 Å². The first-order valence-electron chi connectivity index (χ1n) is 13.5. The summed E-state index contributed by atoms with van der Waals surface area (Å²) in [6, 6.07) is 32.0. The van der Waals surface area contributed by atoms with Gasteiger partial charge in [-0.1, -0.05) is 111 Å². The highest BCUT2D eigenvalue weighted by Gasteiger charge is 2.30. The highest BCUT2D eigenvalue weighted by Crippen LogP contribution is 2.22. The Morgan fingerprint density at radius 1 is 0.789 bits per heavy atom. The molecule has 4 aromatic carbocycles. The van der Waals surface area contributed by atoms with Crippen molar-refractivity contribution in [2.75, 3.05) is 6.54 Å². The molecule has 4 nitrogen and oxygen atoms in total. The Labute approximate surface area is 226 Å². The molecule has 0 saturated heterocycles. The molecule has 0 bridgehead atoms. The summed E-state index contributed by atoms with van der Waals surface area (Å²) in [5, 5.41) is 5.44.